The number of nitriles is 1. The second-order valence-corrected chi connectivity index (χ2v) is 5.36. The Morgan fingerprint density at radius 3 is 2.93 bits per heavy atom. The number of rotatable bonds is 1. The Bertz CT molecular complexity index is 511. The maximum Gasteiger partial charge on any atom is 0.179 e. The molecule has 0 unspecified atom stereocenters. The molecule has 1 aliphatic heterocycles. The predicted octanol–water partition coefficient (Wildman–Crippen LogP) is 1.08. The Balaban J connectivity index is 2.68. The smallest absolute Gasteiger partial charge is 0.179 e. The van der Waals surface area contributed by atoms with Crippen LogP contribution in [0.2, 0.25) is 0 Å². The van der Waals surface area contributed by atoms with Crippen LogP contribution >= 0.6 is 0 Å². The first kappa shape index (κ1) is 9.22. The molecule has 0 atom stereocenters. The molecule has 1 aromatic rings. The quantitative estimate of drug-likeness (QED) is 0.692. The van der Waals surface area contributed by atoms with Gasteiger partial charge in [0.15, 0.2) is 9.84 Å². The molecule has 0 N–H and O–H groups in total. The lowest BCUT2D eigenvalue weighted by atomic mass is 10.1. The maximum absolute atomic E-state index is 11.6. The van der Waals surface area contributed by atoms with Gasteiger partial charge in [-0.2, -0.15) is 5.26 Å². The van der Waals surface area contributed by atoms with Crippen molar-refractivity contribution in [2.75, 3.05) is 5.75 Å². The monoisotopic (exact) mass is 207 g/mol. The molecule has 0 bridgehead atoms. The van der Waals surface area contributed by atoms with Crippen LogP contribution in [-0.4, -0.2) is 14.2 Å². The van der Waals surface area contributed by atoms with Crippen LogP contribution in [0.15, 0.2) is 23.1 Å². The van der Waals surface area contributed by atoms with Gasteiger partial charge in [0.2, 0.25) is 0 Å². The summed E-state index contributed by atoms with van der Waals surface area (Å²) in [5.74, 6) is 0.185. The van der Waals surface area contributed by atoms with Crippen LogP contribution in [0.5, 0.6) is 0 Å². The number of fused-ring (bicyclic) bond motifs is 1. The van der Waals surface area contributed by atoms with Crippen molar-refractivity contribution in [1.29, 1.82) is 5.26 Å². The van der Waals surface area contributed by atoms with Gasteiger partial charge in [-0.05, 0) is 17.5 Å². The van der Waals surface area contributed by atoms with E-state index in [-0.39, 0.29) is 12.2 Å². The maximum atomic E-state index is 11.6. The fourth-order valence-corrected chi connectivity index (χ4v) is 3.61. The summed E-state index contributed by atoms with van der Waals surface area (Å²) in [6, 6.07) is 7.33. The van der Waals surface area contributed by atoms with Gasteiger partial charge in [-0.3, -0.25) is 0 Å². The third-order valence-electron chi connectivity index (χ3n) is 2.40. The standard InChI is InChI=1S/C10H9NO2S/c11-6-4-8-2-1-3-9-5-7-14(12,13)10(8)9/h1-3H,4-5,7H2. The van der Waals surface area contributed by atoms with E-state index < -0.39 is 9.84 Å². The fourth-order valence-electron chi connectivity index (χ4n) is 1.81. The predicted molar refractivity (Wildman–Crippen MR) is 51.5 cm³/mol. The first-order valence-corrected chi connectivity index (χ1v) is 6.01. The lowest BCUT2D eigenvalue weighted by molar-refractivity contribution is 0.599. The van der Waals surface area contributed by atoms with E-state index in [2.05, 4.69) is 0 Å². The first-order valence-electron chi connectivity index (χ1n) is 4.35. The molecular formula is C10H9NO2S. The van der Waals surface area contributed by atoms with E-state index in [4.69, 9.17) is 5.26 Å². The largest absolute Gasteiger partial charge is 0.224 e. The third-order valence-corrected chi connectivity index (χ3v) is 4.29. The minimum absolute atomic E-state index is 0.169. The van der Waals surface area contributed by atoms with Crippen LogP contribution in [-0.2, 0) is 22.7 Å². The molecule has 14 heavy (non-hydrogen) atoms. The molecule has 1 aliphatic rings. The van der Waals surface area contributed by atoms with E-state index in [1.54, 1.807) is 6.07 Å². The number of nitrogens with zero attached hydrogens (tertiary/aromatic N) is 1. The topological polar surface area (TPSA) is 57.9 Å². The number of sulfone groups is 1. The van der Waals surface area contributed by atoms with Gasteiger partial charge in [-0.1, -0.05) is 18.2 Å². The van der Waals surface area contributed by atoms with Gasteiger partial charge in [0.05, 0.1) is 23.1 Å². The van der Waals surface area contributed by atoms with Crippen LogP contribution in [0.25, 0.3) is 0 Å². The minimum atomic E-state index is -3.11. The lowest BCUT2D eigenvalue weighted by Crippen LogP contribution is -2.02. The van der Waals surface area contributed by atoms with Gasteiger partial charge >= 0.3 is 0 Å². The molecule has 3 nitrogen and oxygen atoms in total. The first-order chi connectivity index (χ1) is 6.65. The van der Waals surface area contributed by atoms with E-state index in [1.807, 2.05) is 18.2 Å². The summed E-state index contributed by atoms with van der Waals surface area (Å²) in [5, 5.41) is 8.58. The van der Waals surface area contributed by atoms with Crippen LogP contribution in [0, 0.1) is 11.3 Å². The zero-order valence-electron chi connectivity index (χ0n) is 7.53. The number of hydrogen-bond acceptors (Lipinski definition) is 3. The van der Waals surface area contributed by atoms with E-state index in [0.29, 0.717) is 16.9 Å². The Morgan fingerprint density at radius 2 is 2.21 bits per heavy atom. The Kier molecular flexibility index (Phi) is 2.05. The summed E-state index contributed by atoms with van der Waals surface area (Å²) < 4.78 is 23.3. The van der Waals surface area contributed by atoms with Gasteiger partial charge in [-0.25, -0.2) is 8.42 Å². The second-order valence-electron chi connectivity index (χ2n) is 3.31. The normalized spacial score (nSPS) is 17.4. The summed E-state index contributed by atoms with van der Waals surface area (Å²) in [6.45, 7) is 0. The molecule has 1 aromatic carbocycles. The van der Waals surface area contributed by atoms with Crippen LogP contribution < -0.4 is 0 Å². The molecule has 0 saturated carbocycles. The molecule has 0 radical (unpaired) electrons. The van der Waals surface area contributed by atoms with Crippen LogP contribution in [0.1, 0.15) is 11.1 Å². The Labute approximate surface area is 82.9 Å². The van der Waals surface area contributed by atoms with Crippen molar-refractivity contribution < 1.29 is 8.42 Å². The van der Waals surface area contributed by atoms with Gasteiger partial charge in [0.1, 0.15) is 0 Å². The van der Waals surface area contributed by atoms with Gasteiger partial charge < -0.3 is 0 Å². The van der Waals surface area contributed by atoms with Crippen molar-refractivity contribution in [1.82, 2.24) is 0 Å². The minimum Gasteiger partial charge on any atom is -0.224 e. The molecule has 0 saturated heterocycles. The average molecular weight is 207 g/mol. The second kappa shape index (κ2) is 3.10. The van der Waals surface area contributed by atoms with Crippen LogP contribution in [0.3, 0.4) is 0 Å². The van der Waals surface area contributed by atoms with Crippen molar-refractivity contribution in [3.8, 4) is 6.07 Å². The average Bonchev–Trinajstić information content (AvgIpc) is 2.44. The molecule has 0 amide bonds. The van der Waals surface area contributed by atoms with E-state index in [1.165, 1.54) is 0 Å². The molecular weight excluding hydrogens is 198 g/mol. The number of aryl methyl sites for hydroxylation is 1. The summed E-state index contributed by atoms with van der Waals surface area (Å²) in [4.78, 5) is 0.404. The van der Waals surface area contributed by atoms with Crippen molar-refractivity contribution in [2.24, 2.45) is 0 Å². The van der Waals surface area contributed by atoms with E-state index >= 15 is 0 Å². The summed E-state index contributed by atoms with van der Waals surface area (Å²) in [6.07, 6.45) is 0.749. The van der Waals surface area contributed by atoms with Crippen molar-refractivity contribution in [3.05, 3.63) is 29.3 Å². The SMILES string of the molecule is N#CCc1cccc2c1S(=O)(=O)CC2. The highest BCUT2D eigenvalue weighted by molar-refractivity contribution is 7.91. The fraction of sp³-hybridized carbons (Fsp3) is 0.300. The highest BCUT2D eigenvalue weighted by Gasteiger charge is 2.28. The molecule has 4 heteroatoms. The van der Waals surface area contributed by atoms with Gasteiger partial charge in [0.25, 0.3) is 0 Å². The molecule has 0 aliphatic carbocycles. The molecule has 2 rings (SSSR count). The Morgan fingerprint density at radius 1 is 1.43 bits per heavy atom. The molecule has 0 aromatic heterocycles. The van der Waals surface area contributed by atoms with Gasteiger partial charge in [-0.15, -0.1) is 0 Å². The number of benzene rings is 1. The summed E-state index contributed by atoms with van der Waals surface area (Å²) in [7, 11) is -3.11. The molecule has 1 heterocycles. The highest BCUT2D eigenvalue weighted by atomic mass is 32.2. The van der Waals surface area contributed by atoms with E-state index in [0.717, 1.165) is 5.56 Å². The van der Waals surface area contributed by atoms with Crippen molar-refractivity contribution >= 4 is 9.84 Å². The van der Waals surface area contributed by atoms with Crippen molar-refractivity contribution in [3.63, 3.8) is 0 Å². The molecule has 72 valence electrons. The lowest BCUT2D eigenvalue weighted by Gasteiger charge is -2.03. The highest BCUT2D eigenvalue weighted by Crippen LogP contribution is 2.29. The third kappa shape index (κ3) is 1.30. The number of hydrogen-bond donors (Lipinski definition) is 0. The summed E-state index contributed by atoms with van der Waals surface area (Å²) in [5.41, 5.74) is 1.50. The van der Waals surface area contributed by atoms with Crippen molar-refractivity contribution in [2.45, 2.75) is 17.7 Å². The van der Waals surface area contributed by atoms with Gasteiger partial charge in [0, 0.05) is 0 Å². The summed E-state index contributed by atoms with van der Waals surface area (Å²) >= 11 is 0. The molecule has 0 spiro atoms. The zero-order valence-corrected chi connectivity index (χ0v) is 8.34. The zero-order chi connectivity index (χ0) is 10.2. The van der Waals surface area contributed by atoms with Crippen LogP contribution in [0.4, 0.5) is 0 Å². The van der Waals surface area contributed by atoms with E-state index in [9.17, 15) is 8.42 Å². The Hall–Kier alpha value is -1.34. The molecule has 0 fully saturated rings.